The Kier molecular flexibility index (Phi) is 13.1. The lowest BCUT2D eigenvalue weighted by molar-refractivity contribution is -0.151. The molecular formula is C19H34N4O7S2. The molecule has 0 aromatic heterocycles. The lowest BCUT2D eigenvalue weighted by Gasteiger charge is -2.33. The van der Waals surface area contributed by atoms with Gasteiger partial charge in [0.25, 0.3) is 0 Å². The number of thioether (sulfide) groups is 2. The molecule has 0 saturated heterocycles. The summed E-state index contributed by atoms with van der Waals surface area (Å²) in [7, 11) is 2.78. The first-order valence-corrected chi connectivity index (χ1v) is 12.3. The van der Waals surface area contributed by atoms with Gasteiger partial charge in [-0.15, -0.1) is 11.8 Å². The smallest absolute Gasteiger partial charge is 0.408 e. The molecule has 0 spiro atoms. The Morgan fingerprint density at radius 1 is 1.00 bits per heavy atom. The van der Waals surface area contributed by atoms with Gasteiger partial charge < -0.3 is 30.3 Å². The molecule has 0 aliphatic carbocycles. The number of alkyl carbamates (subject to hydrolysis) is 1. The summed E-state index contributed by atoms with van der Waals surface area (Å²) in [6, 6.07) is -2.07. The minimum absolute atomic E-state index is 0.115. The number of likely N-dealkylation sites (N-methyl/N-ethyl adjacent to an activating group) is 2. The van der Waals surface area contributed by atoms with Gasteiger partial charge in [-0.3, -0.25) is 14.4 Å². The van der Waals surface area contributed by atoms with Crippen molar-refractivity contribution in [3.05, 3.63) is 0 Å². The van der Waals surface area contributed by atoms with Crippen LogP contribution in [0.2, 0.25) is 0 Å². The van der Waals surface area contributed by atoms with Gasteiger partial charge in [0.1, 0.15) is 24.2 Å². The summed E-state index contributed by atoms with van der Waals surface area (Å²) in [6.07, 6.45) is 0.956. The average Bonchev–Trinajstić information content (AvgIpc) is 2.67. The number of carbonyl (C=O) groups excluding carboxylic acids is 4. The molecule has 4 amide bonds. The van der Waals surface area contributed by atoms with Crippen molar-refractivity contribution in [3.8, 4) is 0 Å². The zero-order chi connectivity index (χ0) is 25.1. The van der Waals surface area contributed by atoms with E-state index in [0.29, 0.717) is 0 Å². The predicted octanol–water partition coefficient (Wildman–Crippen LogP) is 0.440. The van der Waals surface area contributed by atoms with E-state index in [0.717, 1.165) is 9.80 Å². The van der Waals surface area contributed by atoms with Gasteiger partial charge in [0.15, 0.2) is 0 Å². The molecule has 3 N–H and O–H groups in total. The van der Waals surface area contributed by atoms with Crippen LogP contribution in [0.5, 0.6) is 0 Å². The van der Waals surface area contributed by atoms with Crippen LogP contribution in [0, 0.1) is 0 Å². The molecule has 0 fully saturated rings. The van der Waals surface area contributed by atoms with Crippen molar-refractivity contribution in [2.45, 2.75) is 45.4 Å². The first-order chi connectivity index (χ1) is 14.7. The molecule has 0 aromatic rings. The number of rotatable bonds is 12. The summed E-state index contributed by atoms with van der Waals surface area (Å²) < 4.78 is 5.09. The fourth-order valence-corrected chi connectivity index (χ4v) is 4.02. The predicted molar refractivity (Wildman–Crippen MR) is 125 cm³/mol. The average molecular weight is 495 g/mol. The van der Waals surface area contributed by atoms with Gasteiger partial charge in [-0.25, -0.2) is 9.59 Å². The van der Waals surface area contributed by atoms with E-state index in [1.807, 2.05) is 0 Å². The van der Waals surface area contributed by atoms with Crippen LogP contribution >= 0.6 is 23.5 Å². The van der Waals surface area contributed by atoms with Crippen molar-refractivity contribution < 1.29 is 33.8 Å². The molecule has 0 saturated carbocycles. The molecule has 0 rings (SSSR count). The lowest BCUT2D eigenvalue weighted by atomic mass is 10.2. The summed E-state index contributed by atoms with van der Waals surface area (Å²) in [6.45, 7) is 6.01. The molecule has 0 radical (unpaired) electrons. The minimum atomic E-state index is -1.15. The van der Waals surface area contributed by atoms with Crippen LogP contribution in [-0.2, 0) is 23.9 Å². The van der Waals surface area contributed by atoms with E-state index in [4.69, 9.17) is 4.74 Å². The number of nitrogens with one attached hydrogen (secondary N) is 2. The summed E-state index contributed by atoms with van der Waals surface area (Å²) in [4.78, 5) is 62.5. The van der Waals surface area contributed by atoms with E-state index >= 15 is 0 Å². The first-order valence-electron chi connectivity index (χ1n) is 9.74. The molecule has 32 heavy (non-hydrogen) atoms. The van der Waals surface area contributed by atoms with Crippen LogP contribution in [-0.4, -0.2) is 107 Å². The van der Waals surface area contributed by atoms with Crippen LogP contribution < -0.4 is 10.6 Å². The number of aliphatic carboxylic acids is 1. The normalized spacial score (nSPS) is 12.8. The van der Waals surface area contributed by atoms with E-state index < -0.39 is 48.1 Å². The molecule has 0 aliphatic heterocycles. The maximum atomic E-state index is 13.1. The zero-order valence-electron chi connectivity index (χ0n) is 19.6. The van der Waals surface area contributed by atoms with Crippen LogP contribution in [0.25, 0.3) is 0 Å². The second-order valence-electron chi connectivity index (χ2n) is 7.88. The zero-order valence-corrected chi connectivity index (χ0v) is 21.2. The van der Waals surface area contributed by atoms with Gasteiger partial charge in [-0.2, -0.15) is 11.8 Å². The molecule has 0 bridgehead atoms. The van der Waals surface area contributed by atoms with Gasteiger partial charge >= 0.3 is 12.1 Å². The SMILES string of the molecule is CSC[C@@H](C(=O)O)N(C)C(=O)[C@H](CSCNC(C)=O)N(C)C(=O)CNC(=O)OC(C)(C)C. The van der Waals surface area contributed by atoms with Crippen molar-refractivity contribution in [2.24, 2.45) is 0 Å². The molecule has 13 heteroatoms. The van der Waals surface area contributed by atoms with Gasteiger partial charge in [-0.1, -0.05) is 0 Å². The van der Waals surface area contributed by atoms with Crippen LogP contribution in [0.1, 0.15) is 27.7 Å². The molecule has 11 nitrogen and oxygen atoms in total. The Morgan fingerprint density at radius 3 is 2.06 bits per heavy atom. The third-order valence-electron chi connectivity index (χ3n) is 4.05. The third-order valence-corrected chi connectivity index (χ3v) is 5.60. The molecule has 0 aliphatic rings. The number of carboxylic acid groups (broad SMARTS) is 1. The largest absolute Gasteiger partial charge is 0.480 e. The molecule has 0 unspecified atom stereocenters. The Hall–Kier alpha value is -2.15. The summed E-state index contributed by atoms with van der Waals surface area (Å²) in [5, 5.41) is 14.4. The standard InChI is InChI=1S/C19H34N4O7S2/c1-12(24)21-11-32-10-13(16(26)23(6)14(9-31-7)17(27)28)22(5)15(25)8-20-18(29)30-19(2,3)4/h13-14H,8-11H2,1-7H3,(H,20,29)(H,21,24)(H,27,28)/t13-,14-/m0/s1. The highest BCUT2D eigenvalue weighted by atomic mass is 32.2. The van der Waals surface area contributed by atoms with Crippen molar-refractivity contribution >= 4 is 53.3 Å². The van der Waals surface area contributed by atoms with Gasteiger partial charge in [0.05, 0.1) is 5.88 Å². The second-order valence-corrected chi connectivity index (χ2v) is 9.82. The van der Waals surface area contributed by atoms with Crippen molar-refractivity contribution in [1.82, 2.24) is 20.4 Å². The Morgan fingerprint density at radius 2 is 1.59 bits per heavy atom. The number of hydrogen-bond acceptors (Lipinski definition) is 8. The summed E-state index contributed by atoms with van der Waals surface area (Å²) in [5.41, 5.74) is -0.732. The van der Waals surface area contributed by atoms with Gasteiger partial charge in [-0.05, 0) is 27.0 Å². The third kappa shape index (κ3) is 11.5. The quantitative estimate of drug-likeness (QED) is 0.260. The second kappa shape index (κ2) is 14.1. The molecule has 0 heterocycles. The molecule has 2 atom stereocenters. The highest BCUT2D eigenvalue weighted by Crippen LogP contribution is 2.14. The maximum Gasteiger partial charge on any atom is 0.408 e. The maximum absolute atomic E-state index is 13.1. The van der Waals surface area contributed by atoms with Gasteiger partial charge in [0.2, 0.25) is 17.7 Å². The number of carbonyl (C=O) groups is 5. The van der Waals surface area contributed by atoms with E-state index in [-0.39, 0.29) is 23.3 Å². The van der Waals surface area contributed by atoms with E-state index in [2.05, 4.69) is 10.6 Å². The highest BCUT2D eigenvalue weighted by Gasteiger charge is 2.34. The number of nitrogens with zero attached hydrogens (tertiary/aromatic N) is 2. The van der Waals surface area contributed by atoms with E-state index in [1.165, 1.54) is 44.5 Å². The van der Waals surface area contributed by atoms with Gasteiger partial charge in [0, 0.05) is 32.5 Å². The van der Waals surface area contributed by atoms with Crippen LogP contribution in [0.3, 0.4) is 0 Å². The van der Waals surface area contributed by atoms with Crippen molar-refractivity contribution in [1.29, 1.82) is 0 Å². The number of ether oxygens (including phenoxy) is 1. The fraction of sp³-hybridized carbons (Fsp3) is 0.737. The van der Waals surface area contributed by atoms with Crippen molar-refractivity contribution in [2.75, 3.05) is 44.3 Å². The van der Waals surface area contributed by atoms with Crippen LogP contribution in [0.4, 0.5) is 4.79 Å². The fourth-order valence-electron chi connectivity index (χ4n) is 2.33. The van der Waals surface area contributed by atoms with Crippen molar-refractivity contribution in [3.63, 3.8) is 0 Å². The monoisotopic (exact) mass is 494 g/mol. The summed E-state index contributed by atoms with van der Waals surface area (Å²) in [5.74, 6) is -2.00. The van der Waals surface area contributed by atoms with Crippen LogP contribution in [0.15, 0.2) is 0 Å². The Balaban J connectivity index is 5.37. The van der Waals surface area contributed by atoms with E-state index in [1.54, 1.807) is 27.0 Å². The first kappa shape index (κ1) is 29.9. The molecule has 184 valence electrons. The van der Waals surface area contributed by atoms with E-state index in [9.17, 15) is 29.1 Å². The topological polar surface area (TPSA) is 145 Å². The number of amides is 4. The number of hydrogen-bond donors (Lipinski definition) is 3. The number of carboxylic acids is 1. The Labute approximate surface area is 197 Å². The molecule has 0 aromatic carbocycles. The minimum Gasteiger partial charge on any atom is -0.480 e. The lowest BCUT2D eigenvalue weighted by Crippen LogP contribution is -2.55. The Bertz CT molecular complexity index is 685. The summed E-state index contributed by atoms with van der Waals surface area (Å²) >= 11 is 2.49. The highest BCUT2D eigenvalue weighted by molar-refractivity contribution is 7.99. The molecular weight excluding hydrogens is 460 g/mol.